The first-order valence-corrected chi connectivity index (χ1v) is 1.44. The van der Waals surface area contributed by atoms with Crippen LogP contribution in [0.2, 0.25) is 0 Å². The maximum atomic E-state index is 4.63. The molecule has 0 aliphatic heterocycles. The Balaban J connectivity index is 2.54. The normalized spacial score (nSPS) is 9.60. The van der Waals surface area contributed by atoms with Crippen LogP contribution in [0.5, 0.6) is 0 Å². The third-order valence-corrected chi connectivity index (χ3v) is 0.236. The van der Waals surface area contributed by atoms with Gasteiger partial charge in [-0.3, -0.25) is 4.84 Å². The smallest absolute Gasteiger partial charge is 0.114 e. The van der Waals surface area contributed by atoms with E-state index in [1.807, 2.05) is 0 Å². The van der Waals surface area contributed by atoms with E-state index < -0.39 is 0 Å². The molecule has 5 heavy (non-hydrogen) atoms. The first-order valence-electron chi connectivity index (χ1n) is 1.44. The molecule has 0 aromatic rings. The standard InChI is InChI=1S/C3H8NO/c1-3(2)5-4/h4H2,1-2H3. The third-order valence-electron chi connectivity index (χ3n) is 0.236. The molecular formula is C3H8NO. The lowest BCUT2D eigenvalue weighted by Crippen LogP contribution is -1.99. The van der Waals surface area contributed by atoms with E-state index in [-0.39, 0.29) is 0 Å². The van der Waals surface area contributed by atoms with E-state index in [2.05, 4.69) is 10.7 Å². The van der Waals surface area contributed by atoms with Gasteiger partial charge in [0.25, 0.3) is 0 Å². The maximum absolute atomic E-state index is 4.63. The monoisotopic (exact) mass is 74.1 g/mol. The van der Waals surface area contributed by atoms with Crippen molar-refractivity contribution in [1.82, 2.24) is 0 Å². The molecule has 2 N–H and O–H groups in total. The van der Waals surface area contributed by atoms with E-state index in [0.717, 1.165) is 6.10 Å². The zero-order valence-electron chi connectivity index (χ0n) is 3.49. The van der Waals surface area contributed by atoms with Gasteiger partial charge in [-0.1, -0.05) is 0 Å². The van der Waals surface area contributed by atoms with Crippen LogP contribution >= 0.6 is 0 Å². The first-order chi connectivity index (χ1) is 2.27. The highest BCUT2D eigenvalue weighted by Crippen LogP contribution is 1.87. The second-order valence-corrected chi connectivity index (χ2v) is 1.03. The number of hydrogen-bond donors (Lipinski definition) is 1. The summed E-state index contributed by atoms with van der Waals surface area (Å²) in [5.41, 5.74) is 0. The zero-order chi connectivity index (χ0) is 4.28. The molecule has 0 heterocycles. The molecule has 0 aliphatic rings. The van der Waals surface area contributed by atoms with Gasteiger partial charge >= 0.3 is 0 Å². The minimum atomic E-state index is 0.782. The maximum Gasteiger partial charge on any atom is 0.114 e. The molecule has 0 bridgehead atoms. The summed E-state index contributed by atoms with van der Waals surface area (Å²) >= 11 is 0. The van der Waals surface area contributed by atoms with Crippen molar-refractivity contribution in [3.63, 3.8) is 0 Å². The van der Waals surface area contributed by atoms with Gasteiger partial charge in [0.2, 0.25) is 0 Å². The lowest BCUT2D eigenvalue weighted by atomic mass is 10.5. The van der Waals surface area contributed by atoms with Crippen molar-refractivity contribution in [1.29, 1.82) is 0 Å². The molecule has 1 radical (unpaired) electrons. The average molecular weight is 74.1 g/mol. The van der Waals surface area contributed by atoms with Crippen molar-refractivity contribution in [3.8, 4) is 0 Å². The van der Waals surface area contributed by atoms with Crippen LogP contribution in [-0.4, -0.2) is 0 Å². The molecule has 0 rings (SSSR count). The number of rotatable bonds is 1. The van der Waals surface area contributed by atoms with Gasteiger partial charge in [-0.25, -0.2) is 5.90 Å². The molecule has 0 fully saturated rings. The van der Waals surface area contributed by atoms with Gasteiger partial charge in [-0.15, -0.1) is 0 Å². The number of hydrogen-bond acceptors (Lipinski definition) is 2. The molecule has 0 spiro atoms. The predicted octanol–water partition coefficient (Wildman–Crippen LogP) is 0.448. The van der Waals surface area contributed by atoms with Crippen LogP contribution in [0.4, 0.5) is 0 Å². The van der Waals surface area contributed by atoms with Crippen molar-refractivity contribution in [2.75, 3.05) is 0 Å². The van der Waals surface area contributed by atoms with Gasteiger partial charge in [-0.2, -0.15) is 0 Å². The van der Waals surface area contributed by atoms with Gasteiger partial charge in [0.05, 0.1) is 0 Å². The second kappa shape index (κ2) is 2.18. The second-order valence-electron chi connectivity index (χ2n) is 1.03. The van der Waals surface area contributed by atoms with Crippen molar-refractivity contribution < 1.29 is 4.84 Å². The van der Waals surface area contributed by atoms with Crippen LogP contribution in [0.25, 0.3) is 0 Å². The van der Waals surface area contributed by atoms with Crippen LogP contribution in [0.15, 0.2) is 0 Å². The quantitative estimate of drug-likeness (QED) is 0.458. The first kappa shape index (κ1) is 4.92. The van der Waals surface area contributed by atoms with Crippen LogP contribution in [0, 0.1) is 6.10 Å². The Kier molecular flexibility index (Phi) is 2.14. The minimum absolute atomic E-state index is 0.782. The molecular weight excluding hydrogens is 66.0 g/mol. The summed E-state index contributed by atoms with van der Waals surface area (Å²) in [7, 11) is 0. The Bertz CT molecular complexity index is 20.9. The van der Waals surface area contributed by atoms with E-state index in [1.165, 1.54) is 0 Å². The zero-order valence-corrected chi connectivity index (χ0v) is 3.49. The molecule has 0 amide bonds. The highest BCUT2D eigenvalue weighted by Gasteiger charge is 1.82. The fourth-order valence-electron chi connectivity index (χ4n) is 0. The van der Waals surface area contributed by atoms with E-state index in [1.54, 1.807) is 13.8 Å². The molecule has 2 nitrogen and oxygen atoms in total. The van der Waals surface area contributed by atoms with E-state index in [0.29, 0.717) is 0 Å². The number of nitrogens with two attached hydrogens (primary N) is 1. The molecule has 0 aliphatic carbocycles. The van der Waals surface area contributed by atoms with E-state index in [4.69, 9.17) is 0 Å². The Labute approximate surface area is 31.9 Å². The topological polar surface area (TPSA) is 35.2 Å². The van der Waals surface area contributed by atoms with E-state index in [9.17, 15) is 0 Å². The van der Waals surface area contributed by atoms with Crippen molar-refractivity contribution in [2.24, 2.45) is 5.90 Å². The lowest BCUT2D eigenvalue weighted by molar-refractivity contribution is 0.161. The Morgan fingerprint density at radius 1 is 1.60 bits per heavy atom. The molecule has 0 aromatic heterocycles. The Morgan fingerprint density at radius 2 is 1.80 bits per heavy atom. The summed E-state index contributed by atoms with van der Waals surface area (Å²) in [6.07, 6.45) is 0.782. The van der Waals surface area contributed by atoms with Crippen molar-refractivity contribution >= 4 is 0 Å². The fraction of sp³-hybridized carbons (Fsp3) is 0.667. The summed E-state index contributed by atoms with van der Waals surface area (Å²) in [5.74, 6) is 4.63. The summed E-state index contributed by atoms with van der Waals surface area (Å²) in [6, 6.07) is 0. The molecule has 0 saturated carbocycles. The Hall–Kier alpha value is -0.0800. The minimum Gasteiger partial charge on any atom is -0.296 e. The SMILES string of the molecule is C[C](C)ON. The molecule has 0 saturated heterocycles. The van der Waals surface area contributed by atoms with Crippen molar-refractivity contribution in [2.45, 2.75) is 13.8 Å². The molecule has 0 aromatic carbocycles. The van der Waals surface area contributed by atoms with Crippen molar-refractivity contribution in [3.05, 3.63) is 6.10 Å². The van der Waals surface area contributed by atoms with Crippen LogP contribution < -0.4 is 5.90 Å². The summed E-state index contributed by atoms with van der Waals surface area (Å²) < 4.78 is 0. The molecule has 31 valence electrons. The average Bonchev–Trinajstić information content (AvgIpc) is 1.38. The summed E-state index contributed by atoms with van der Waals surface area (Å²) in [5, 5.41) is 0. The van der Waals surface area contributed by atoms with Gasteiger partial charge in [0.15, 0.2) is 0 Å². The van der Waals surface area contributed by atoms with Gasteiger partial charge in [0, 0.05) is 0 Å². The largest absolute Gasteiger partial charge is 0.296 e. The van der Waals surface area contributed by atoms with Gasteiger partial charge < -0.3 is 0 Å². The summed E-state index contributed by atoms with van der Waals surface area (Å²) in [4.78, 5) is 4.17. The Morgan fingerprint density at radius 3 is 1.80 bits per heavy atom. The highest BCUT2D eigenvalue weighted by atomic mass is 16.6. The van der Waals surface area contributed by atoms with Crippen LogP contribution in [0.1, 0.15) is 13.8 Å². The predicted molar refractivity (Wildman–Crippen MR) is 19.9 cm³/mol. The van der Waals surface area contributed by atoms with Gasteiger partial charge in [0.1, 0.15) is 6.10 Å². The van der Waals surface area contributed by atoms with Crippen LogP contribution in [0.3, 0.4) is 0 Å². The molecule has 0 atom stereocenters. The van der Waals surface area contributed by atoms with Gasteiger partial charge in [-0.05, 0) is 13.8 Å². The highest BCUT2D eigenvalue weighted by molar-refractivity contribution is 4.55. The fourth-order valence-corrected chi connectivity index (χ4v) is 0. The lowest BCUT2D eigenvalue weighted by Gasteiger charge is -1.91. The molecule has 2 heteroatoms. The summed E-state index contributed by atoms with van der Waals surface area (Å²) in [6.45, 7) is 3.58. The third kappa shape index (κ3) is 3.92. The van der Waals surface area contributed by atoms with Crippen LogP contribution in [-0.2, 0) is 4.84 Å². The van der Waals surface area contributed by atoms with E-state index >= 15 is 0 Å². The molecule has 0 unspecified atom stereocenters.